The molecule has 0 aliphatic carbocycles. The van der Waals surface area contributed by atoms with Gasteiger partial charge < -0.3 is 4.74 Å². The minimum Gasteiger partial charge on any atom is -0.430 e. The Morgan fingerprint density at radius 1 is 1.06 bits per heavy atom. The molecule has 16 heavy (non-hydrogen) atoms. The normalized spacial score (nSPS) is 13.4. The number of hydrogen-bond donors (Lipinski definition) is 0. The first-order chi connectivity index (χ1) is 7.30. The second kappa shape index (κ2) is 4.82. The average molecular weight is 303 g/mol. The molecular formula is C9H4BrF5O. The Bertz CT molecular complexity index is 395. The van der Waals surface area contributed by atoms with Gasteiger partial charge in [-0.15, -0.1) is 0 Å². The van der Waals surface area contributed by atoms with E-state index in [0.717, 1.165) is 0 Å². The molecule has 0 spiro atoms. The molecule has 0 unspecified atom stereocenters. The van der Waals surface area contributed by atoms with Crippen molar-refractivity contribution in [1.82, 2.24) is 0 Å². The van der Waals surface area contributed by atoms with Crippen LogP contribution in [0.25, 0.3) is 0 Å². The van der Waals surface area contributed by atoms with Crippen molar-refractivity contribution in [1.29, 1.82) is 0 Å². The van der Waals surface area contributed by atoms with Gasteiger partial charge in [0.25, 0.3) is 5.83 Å². The van der Waals surface area contributed by atoms with E-state index in [1.807, 2.05) is 0 Å². The number of benzene rings is 1. The maximum Gasteiger partial charge on any atom is 0.449 e. The van der Waals surface area contributed by atoms with Gasteiger partial charge in [0.2, 0.25) is 0 Å². The third-order valence-electron chi connectivity index (χ3n) is 1.44. The van der Waals surface area contributed by atoms with Gasteiger partial charge >= 0.3 is 12.2 Å². The zero-order valence-electron chi connectivity index (χ0n) is 7.49. The van der Waals surface area contributed by atoms with Gasteiger partial charge in [-0.25, -0.2) is 0 Å². The standard InChI is InChI=1S/C9H4BrF5O/c10-5-1-3-6(4-2-5)16-8(12)7(11)9(13,14)15/h1-4H/b8-7-. The van der Waals surface area contributed by atoms with Crippen molar-refractivity contribution in [2.24, 2.45) is 0 Å². The van der Waals surface area contributed by atoms with Crippen LogP contribution >= 0.6 is 15.9 Å². The molecule has 0 N–H and O–H groups in total. The van der Waals surface area contributed by atoms with E-state index in [0.29, 0.717) is 4.47 Å². The molecule has 0 aromatic heterocycles. The summed E-state index contributed by atoms with van der Waals surface area (Å²) in [6, 6.07) is 2.89. The van der Waals surface area contributed by atoms with Crippen LogP contribution in [0.1, 0.15) is 0 Å². The molecule has 0 aliphatic heterocycles. The summed E-state index contributed by atoms with van der Waals surface area (Å²) in [5, 5.41) is 0. The average Bonchev–Trinajstić information content (AvgIpc) is 2.19. The Kier molecular flexibility index (Phi) is 3.90. The van der Waals surface area contributed by atoms with Crippen LogP contribution in [0.2, 0.25) is 0 Å². The lowest BCUT2D eigenvalue weighted by Gasteiger charge is -2.06. The smallest absolute Gasteiger partial charge is 0.430 e. The zero-order chi connectivity index (χ0) is 12.3. The summed E-state index contributed by atoms with van der Waals surface area (Å²) in [6.45, 7) is 0. The summed E-state index contributed by atoms with van der Waals surface area (Å²) in [5.74, 6) is -3.13. The van der Waals surface area contributed by atoms with Crippen molar-refractivity contribution < 1.29 is 26.7 Å². The first-order valence-electron chi connectivity index (χ1n) is 3.86. The van der Waals surface area contributed by atoms with Crippen molar-refractivity contribution in [2.45, 2.75) is 6.18 Å². The maximum absolute atomic E-state index is 12.6. The maximum atomic E-state index is 12.6. The minimum absolute atomic E-state index is 0.236. The molecule has 0 saturated heterocycles. The summed E-state index contributed by atoms with van der Waals surface area (Å²) < 4.78 is 64.7. The third kappa shape index (κ3) is 3.48. The van der Waals surface area contributed by atoms with Crippen molar-refractivity contribution >= 4 is 15.9 Å². The molecule has 0 atom stereocenters. The topological polar surface area (TPSA) is 9.23 Å². The molecule has 0 heterocycles. The summed E-state index contributed by atoms with van der Waals surface area (Å²) in [7, 11) is 0. The number of alkyl halides is 3. The van der Waals surface area contributed by atoms with Gasteiger partial charge in [-0.05, 0) is 24.3 Å². The molecule has 0 amide bonds. The fourth-order valence-electron chi connectivity index (χ4n) is 0.762. The third-order valence-corrected chi connectivity index (χ3v) is 1.97. The lowest BCUT2D eigenvalue weighted by molar-refractivity contribution is -0.114. The predicted molar refractivity (Wildman–Crippen MR) is 50.1 cm³/mol. The SMILES string of the molecule is F/C(Oc1ccc(Br)cc1)=C(/F)C(F)(F)F. The van der Waals surface area contributed by atoms with Crippen molar-refractivity contribution in [2.75, 3.05) is 0 Å². The van der Waals surface area contributed by atoms with Gasteiger partial charge in [-0.3, -0.25) is 0 Å². The van der Waals surface area contributed by atoms with Gasteiger partial charge in [0, 0.05) is 4.47 Å². The van der Waals surface area contributed by atoms with Gasteiger partial charge in [0.15, 0.2) is 0 Å². The van der Waals surface area contributed by atoms with E-state index in [9.17, 15) is 22.0 Å². The summed E-state index contributed by atoms with van der Waals surface area (Å²) in [4.78, 5) is 0. The van der Waals surface area contributed by atoms with Gasteiger partial charge in [-0.1, -0.05) is 15.9 Å². The van der Waals surface area contributed by atoms with Crippen LogP contribution in [0.3, 0.4) is 0 Å². The number of ether oxygens (including phenoxy) is 1. The van der Waals surface area contributed by atoms with Crippen LogP contribution in [-0.4, -0.2) is 6.18 Å². The molecule has 7 heteroatoms. The zero-order valence-corrected chi connectivity index (χ0v) is 9.07. The highest BCUT2D eigenvalue weighted by Crippen LogP contribution is 2.31. The molecule has 1 aromatic rings. The van der Waals surface area contributed by atoms with Crippen LogP contribution in [-0.2, 0) is 0 Å². The van der Waals surface area contributed by atoms with E-state index < -0.39 is 18.0 Å². The van der Waals surface area contributed by atoms with Crippen LogP contribution < -0.4 is 4.74 Å². The van der Waals surface area contributed by atoms with Crippen molar-refractivity contribution in [3.05, 3.63) is 40.6 Å². The predicted octanol–water partition coefficient (Wildman–Crippen LogP) is 4.50. The van der Waals surface area contributed by atoms with E-state index >= 15 is 0 Å². The lowest BCUT2D eigenvalue weighted by atomic mass is 10.3. The molecule has 0 fully saturated rings. The first-order valence-corrected chi connectivity index (χ1v) is 4.66. The van der Waals surface area contributed by atoms with Crippen molar-refractivity contribution in [3.8, 4) is 5.75 Å². The fourth-order valence-corrected chi connectivity index (χ4v) is 1.03. The van der Waals surface area contributed by atoms with E-state index in [2.05, 4.69) is 20.7 Å². The number of allylic oxidation sites excluding steroid dienone is 1. The van der Waals surface area contributed by atoms with Gasteiger partial charge in [0.05, 0.1) is 0 Å². The van der Waals surface area contributed by atoms with Crippen LogP contribution in [0.15, 0.2) is 40.6 Å². The summed E-state index contributed by atoms with van der Waals surface area (Å²) in [5.41, 5.74) is 0. The second-order valence-electron chi connectivity index (χ2n) is 2.64. The second-order valence-corrected chi connectivity index (χ2v) is 3.56. The molecule has 1 rings (SSSR count). The van der Waals surface area contributed by atoms with Crippen LogP contribution in [0.5, 0.6) is 5.75 Å². The molecular weight excluding hydrogens is 299 g/mol. The molecule has 0 aliphatic rings. The van der Waals surface area contributed by atoms with E-state index in [-0.39, 0.29) is 5.75 Å². The number of rotatable bonds is 2. The van der Waals surface area contributed by atoms with Crippen LogP contribution in [0.4, 0.5) is 22.0 Å². The van der Waals surface area contributed by atoms with E-state index in [1.165, 1.54) is 24.3 Å². The van der Waals surface area contributed by atoms with Gasteiger partial charge in [-0.2, -0.15) is 22.0 Å². The molecule has 0 saturated carbocycles. The van der Waals surface area contributed by atoms with Gasteiger partial charge in [0.1, 0.15) is 5.75 Å². The van der Waals surface area contributed by atoms with Crippen molar-refractivity contribution in [3.63, 3.8) is 0 Å². The number of halogens is 6. The van der Waals surface area contributed by atoms with E-state index in [4.69, 9.17) is 0 Å². The quantitative estimate of drug-likeness (QED) is 0.577. The highest BCUT2D eigenvalue weighted by Gasteiger charge is 2.39. The molecule has 1 aromatic carbocycles. The Morgan fingerprint density at radius 2 is 1.56 bits per heavy atom. The first kappa shape index (κ1) is 13.0. The lowest BCUT2D eigenvalue weighted by Crippen LogP contribution is -2.11. The minimum atomic E-state index is -5.39. The largest absolute Gasteiger partial charge is 0.449 e. The Balaban J connectivity index is 2.86. The molecule has 88 valence electrons. The molecule has 1 nitrogen and oxygen atoms in total. The fraction of sp³-hybridized carbons (Fsp3) is 0.111. The number of hydrogen-bond acceptors (Lipinski definition) is 1. The molecule has 0 radical (unpaired) electrons. The Morgan fingerprint density at radius 3 is 2.00 bits per heavy atom. The van der Waals surface area contributed by atoms with E-state index in [1.54, 1.807) is 0 Å². The monoisotopic (exact) mass is 302 g/mol. The summed E-state index contributed by atoms with van der Waals surface area (Å²) in [6.07, 6.45) is -5.39. The Hall–Kier alpha value is -1.11. The van der Waals surface area contributed by atoms with Crippen LogP contribution in [0, 0.1) is 0 Å². The Labute approximate surface area is 95.6 Å². The highest BCUT2D eigenvalue weighted by molar-refractivity contribution is 9.10. The molecule has 0 bridgehead atoms. The summed E-state index contributed by atoms with van der Waals surface area (Å²) >= 11 is 3.06. The highest BCUT2D eigenvalue weighted by atomic mass is 79.9.